The van der Waals surface area contributed by atoms with Gasteiger partial charge in [-0.05, 0) is 25.7 Å². The molecule has 0 aliphatic heterocycles. The number of carbonyl (C=O) groups excluding carboxylic acids is 2. The molecule has 4 heteroatoms. The summed E-state index contributed by atoms with van der Waals surface area (Å²) in [6, 6.07) is 0. The molecule has 19 heavy (non-hydrogen) atoms. The van der Waals surface area contributed by atoms with E-state index in [4.69, 9.17) is 4.74 Å². The summed E-state index contributed by atoms with van der Waals surface area (Å²) in [6.45, 7) is 7.36. The number of carbonyl (C=O) groups is 2. The van der Waals surface area contributed by atoms with Crippen LogP contribution < -0.4 is 0 Å². The van der Waals surface area contributed by atoms with Crippen molar-refractivity contribution in [2.24, 2.45) is 11.8 Å². The molecular formula is C15H28O4. The Hall–Kier alpha value is -1.06. The lowest BCUT2D eigenvalue weighted by Crippen LogP contribution is -2.23. The Bertz CT molecular complexity index is 265. The van der Waals surface area contributed by atoms with Gasteiger partial charge in [0.05, 0.1) is 18.9 Å². The summed E-state index contributed by atoms with van der Waals surface area (Å²) < 4.78 is 9.69. The minimum atomic E-state index is -0.153. The summed E-state index contributed by atoms with van der Waals surface area (Å²) in [6.07, 6.45) is 6.09. The maximum atomic E-state index is 11.2. The first kappa shape index (κ1) is 17.9. The van der Waals surface area contributed by atoms with Crippen molar-refractivity contribution in [2.75, 3.05) is 7.11 Å². The predicted octanol–water partition coefficient (Wildman–Crippen LogP) is 3.33. The minimum absolute atomic E-state index is 0.00463. The second-order valence-corrected chi connectivity index (χ2v) is 5.53. The Morgan fingerprint density at radius 2 is 1.37 bits per heavy atom. The third-order valence-corrected chi connectivity index (χ3v) is 2.98. The topological polar surface area (TPSA) is 52.6 Å². The zero-order valence-electron chi connectivity index (χ0n) is 12.9. The molecule has 0 heterocycles. The van der Waals surface area contributed by atoms with Gasteiger partial charge in [-0.1, -0.05) is 34.1 Å². The molecule has 4 nitrogen and oxygen atoms in total. The van der Waals surface area contributed by atoms with Crippen LogP contribution >= 0.6 is 0 Å². The van der Waals surface area contributed by atoms with E-state index in [2.05, 4.69) is 4.74 Å². The normalized spacial score (nSPS) is 15.7. The molecule has 0 bridgehead atoms. The number of methoxy groups -OCH3 is 1. The number of esters is 2. The molecule has 0 saturated heterocycles. The van der Waals surface area contributed by atoms with Crippen LogP contribution in [0.4, 0.5) is 0 Å². The van der Waals surface area contributed by atoms with E-state index in [0.717, 1.165) is 12.8 Å². The van der Waals surface area contributed by atoms with Gasteiger partial charge in [-0.15, -0.1) is 0 Å². The predicted molar refractivity (Wildman–Crippen MR) is 74.7 cm³/mol. The van der Waals surface area contributed by atoms with Crippen LogP contribution in [0.15, 0.2) is 0 Å². The van der Waals surface area contributed by atoms with Gasteiger partial charge in [-0.2, -0.15) is 0 Å². The standard InChI is InChI=1S/C10H18O2.C5H10O2/c1-8(2)10(11)12-9-6-4-3-5-7-9;1-4(2)5(6)7-3/h8-9H,3-7H2,1-2H3;4H,1-3H3. The average molecular weight is 272 g/mol. The number of ether oxygens (including phenoxy) is 2. The molecule has 0 radical (unpaired) electrons. The molecule has 1 aliphatic carbocycles. The van der Waals surface area contributed by atoms with Gasteiger partial charge in [0.25, 0.3) is 0 Å². The Morgan fingerprint density at radius 1 is 0.895 bits per heavy atom. The van der Waals surface area contributed by atoms with E-state index in [1.54, 1.807) is 13.8 Å². The first-order valence-electron chi connectivity index (χ1n) is 7.16. The maximum absolute atomic E-state index is 11.2. The van der Waals surface area contributed by atoms with E-state index < -0.39 is 0 Å². The molecule has 0 aromatic rings. The van der Waals surface area contributed by atoms with Gasteiger partial charge in [0.2, 0.25) is 0 Å². The largest absolute Gasteiger partial charge is 0.469 e. The Kier molecular flexibility index (Phi) is 9.27. The van der Waals surface area contributed by atoms with E-state index in [9.17, 15) is 9.59 Å². The second kappa shape index (κ2) is 9.82. The van der Waals surface area contributed by atoms with Crippen molar-refractivity contribution in [3.8, 4) is 0 Å². The minimum Gasteiger partial charge on any atom is -0.469 e. The fraction of sp³-hybridized carbons (Fsp3) is 0.867. The lowest BCUT2D eigenvalue weighted by Gasteiger charge is -2.22. The van der Waals surface area contributed by atoms with Crippen LogP contribution in [0, 0.1) is 11.8 Å². The molecule has 1 fully saturated rings. The van der Waals surface area contributed by atoms with Gasteiger partial charge in [0, 0.05) is 0 Å². The van der Waals surface area contributed by atoms with Crippen LogP contribution in [-0.4, -0.2) is 25.2 Å². The zero-order chi connectivity index (χ0) is 14.8. The third-order valence-electron chi connectivity index (χ3n) is 2.98. The molecule has 112 valence electrons. The van der Waals surface area contributed by atoms with Crippen LogP contribution in [0.25, 0.3) is 0 Å². The molecule has 1 saturated carbocycles. The monoisotopic (exact) mass is 272 g/mol. The third kappa shape index (κ3) is 8.62. The highest BCUT2D eigenvalue weighted by Gasteiger charge is 2.18. The van der Waals surface area contributed by atoms with Crippen molar-refractivity contribution in [3.05, 3.63) is 0 Å². The van der Waals surface area contributed by atoms with E-state index in [1.165, 1.54) is 26.4 Å². The van der Waals surface area contributed by atoms with Crippen LogP contribution in [0.2, 0.25) is 0 Å². The molecule has 0 spiro atoms. The fourth-order valence-electron chi connectivity index (χ4n) is 1.72. The van der Waals surface area contributed by atoms with Gasteiger partial charge in [-0.3, -0.25) is 9.59 Å². The van der Waals surface area contributed by atoms with Gasteiger partial charge < -0.3 is 9.47 Å². The Labute approximate surface area is 116 Å². The molecular weight excluding hydrogens is 244 g/mol. The van der Waals surface area contributed by atoms with Crippen LogP contribution in [0.3, 0.4) is 0 Å². The first-order chi connectivity index (χ1) is 8.88. The van der Waals surface area contributed by atoms with Crippen LogP contribution in [0.1, 0.15) is 59.8 Å². The molecule has 0 atom stereocenters. The van der Waals surface area contributed by atoms with Crippen LogP contribution in [0.5, 0.6) is 0 Å². The first-order valence-corrected chi connectivity index (χ1v) is 7.16. The Balaban J connectivity index is 0.000000399. The highest BCUT2D eigenvalue weighted by Crippen LogP contribution is 2.21. The zero-order valence-corrected chi connectivity index (χ0v) is 12.9. The molecule has 0 unspecified atom stereocenters. The smallest absolute Gasteiger partial charge is 0.308 e. The van der Waals surface area contributed by atoms with Crippen molar-refractivity contribution in [3.63, 3.8) is 0 Å². The molecule has 1 aliphatic rings. The fourth-order valence-corrected chi connectivity index (χ4v) is 1.72. The second-order valence-electron chi connectivity index (χ2n) is 5.53. The van der Waals surface area contributed by atoms with E-state index in [1.807, 2.05) is 13.8 Å². The van der Waals surface area contributed by atoms with Crippen molar-refractivity contribution in [1.29, 1.82) is 0 Å². The average Bonchev–Trinajstić information content (AvgIpc) is 2.39. The molecule has 1 rings (SSSR count). The summed E-state index contributed by atoms with van der Waals surface area (Å²) in [5.41, 5.74) is 0. The quantitative estimate of drug-likeness (QED) is 0.739. The molecule has 0 amide bonds. The summed E-state index contributed by atoms with van der Waals surface area (Å²) in [7, 11) is 1.39. The Morgan fingerprint density at radius 3 is 1.68 bits per heavy atom. The van der Waals surface area contributed by atoms with Gasteiger partial charge in [0.1, 0.15) is 6.10 Å². The summed E-state index contributed by atoms with van der Waals surface area (Å²) >= 11 is 0. The lowest BCUT2D eigenvalue weighted by atomic mass is 9.98. The summed E-state index contributed by atoms with van der Waals surface area (Å²) in [5, 5.41) is 0. The SMILES string of the molecule is CC(C)C(=O)OC1CCCCC1.COC(=O)C(C)C. The van der Waals surface area contributed by atoms with Crippen molar-refractivity contribution in [2.45, 2.75) is 65.9 Å². The summed E-state index contributed by atoms with van der Waals surface area (Å²) in [5.74, 6) is -0.168. The van der Waals surface area contributed by atoms with E-state index in [-0.39, 0.29) is 29.9 Å². The lowest BCUT2D eigenvalue weighted by molar-refractivity contribution is -0.154. The van der Waals surface area contributed by atoms with Crippen molar-refractivity contribution < 1.29 is 19.1 Å². The van der Waals surface area contributed by atoms with Crippen molar-refractivity contribution >= 4 is 11.9 Å². The van der Waals surface area contributed by atoms with Crippen molar-refractivity contribution in [1.82, 2.24) is 0 Å². The highest BCUT2D eigenvalue weighted by atomic mass is 16.5. The van der Waals surface area contributed by atoms with E-state index in [0.29, 0.717) is 0 Å². The van der Waals surface area contributed by atoms with Crippen LogP contribution in [-0.2, 0) is 19.1 Å². The van der Waals surface area contributed by atoms with Gasteiger partial charge in [0.15, 0.2) is 0 Å². The summed E-state index contributed by atoms with van der Waals surface area (Å²) in [4.78, 5) is 21.5. The number of hydrogen-bond acceptors (Lipinski definition) is 4. The van der Waals surface area contributed by atoms with Gasteiger partial charge in [-0.25, -0.2) is 0 Å². The van der Waals surface area contributed by atoms with E-state index >= 15 is 0 Å². The number of hydrogen-bond donors (Lipinski definition) is 0. The molecule has 0 aromatic heterocycles. The molecule has 0 aromatic carbocycles. The molecule has 0 N–H and O–H groups in total. The number of rotatable bonds is 3. The highest BCUT2D eigenvalue weighted by molar-refractivity contribution is 5.71. The van der Waals surface area contributed by atoms with Gasteiger partial charge >= 0.3 is 11.9 Å². The maximum Gasteiger partial charge on any atom is 0.308 e.